The van der Waals surface area contributed by atoms with Crippen LogP contribution in [0.5, 0.6) is 0 Å². The number of guanidine groups is 1. The fraction of sp³-hybridized carbons (Fsp3) is 0.346. The van der Waals surface area contributed by atoms with E-state index in [0.29, 0.717) is 12.8 Å². The molecule has 3 atom stereocenters. The highest BCUT2D eigenvalue weighted by Gasteiger charge is 2.26. The molecule has 0 bridgehead atoms. The Kier molecular flexibility index (Phi) is 12.2. The van der Waals surface area contributed by atoms with E-state index in [9.17, 15) is 19.2 Å². The number of nitrogens with zero attached hydrogens (tertiary/aromatic N) is 1. The number of nitrogens with one attached hydrogen (secondary N) is 3. The van der Waals surface area contributed by atoms with Crippen LogP contribution in [0.4, 0.5) is 0 Å². The molecule has 2 rings (SSSR count). The van der Waals surface area contributed by atoms with E-state index in [4.69, 9.17) is 22.9 Å². The monoisotopic (exact) mass is 524 g/mol. The minimum atomic E-state index is -1.03. The van der Waals surface area contributed by atoms with Gasteiger partial charge in [-0.05, 0) is 30.4 Å². The van der Waals surface area contributed by atoms with Crippen LogP contribution >= 0.6 is 0 Å². The molecule has 0 saturated heterocycles. The standard InChI is InChI=1S/C26H36N8O4/c27-19(14-17-8-3-1-4-9-17)24(37)32-16-22(35)33-21(15-18-10-5-2-6-11-18)25(38)34-20(23(28)36)12-7-13-31-26(29)30/h1-6,8-11,19-21H,7,12-16,27H2,(H2,28,36)(H,32,37)(H,33,35)(H,34,38)(H4,29,30,31)/t19-,20-,21-/m0/s1. The number of hydrogen-bond donors (Lipinski definition) is 7. The maximum Gasteiger partial charge on any atom is 0.243 e. The molecule has 0 aliphatic heterocycles. The molecule has 0 aromatic heterocycles. The Bertz CT molecular complexity index is 1090. The first-order valence-corrected chi connectivity index (χ1v) is 12.2. The molecule has 0 radical (unpaired) electrons. The summed E-state index contributed by atoms with van der Waals surface area (Å²) in [5.41, 5.74) is 23.7. The Labute approximate surface area is 221 Å². The van der Waals surface area contributed by atoms with Crippen LogP contribution in [0.2, 0.25) is 0 Å². The van der Waals surface area contributed by atoms with Gasteiger partial charge in [-0.1, -0.05) is 60.7 Å². The molecule has 38 heavy (non-hydrogen) atoms. The van der Waals surface area contributed by atoms with Crippen molar-refractivity contribution >= 4 is 29.6 Å². The molecule has 204 valence electrons. The van der Waals surface area contributed by atoms with E-state index in [-0.39, 0.29) is 31.9 Å². The van der Waals surface area contributed by atoms with Gasteiger partial charge in [-0.25, -0.2) is 0 Å². The smallest absolute Gasteiger partial charge is 0.243 e. The minimum absolute atomic E-state index is 0.0802. The normalized spacial score (nSPS) is 12.9. The predicted octanol–water partition coefficient (Wildman–Crippen LogP) is -1.58. The highest BCUT2D eigenvalue weighted by molar-refractivity contribution is 5.93. The predicted molar refractivity (Wildman–Crippen MR) is 144 cm³/mol. The Morgan fingerprint density at radius 2 is 1.34 bits per heavy atom. The molecule has 0 aliphatic rings. The zero-order valence-corrected chi connectivity index (χ0v) is 21.1. The average molecular weight is 525 g/mol. The number of primary amides is 1. The van der Waals surface area contributed by atoms with E-state index in [1.807, 2.05) is 36.4 Å². The zero-order chi connectivity index (χ0) is 27.9. The van der Waals surface area contributed by atoms with Crippen LogP contribution in [0.25, 0.3) is 0 Å². The molecule has 0 spiro atoms. The maximum absolute atomic E-state index is 13.1. The second kappa shape index (κ2) is 15.6. The highest BCUT2D eigenvalue weighted by Crippen LogP contribution is 2.06. The summed E-state index contributed by atoms with van der Waals surface area (Å²) in [6, 6.07) is 15.4. The molecule has 0 unspecified atom stereocenters. The summed E-state index contributed by atoms with van der Waals surface area (Å²) in [6.45, 7) is -0.115. The minimum Gasteiger partial charge on any atom is -0.370 e. The van der Waals surface area contributed by atoms with Crippen LogP contribution in [0, 0.1) is 0 Å². The Morgan fingerprint density at radius 1 is 0.763 bits per heavy atom. The Balaban J connectivity index is 1.98. The van der Waals surface area contributed by atoms with Crippen molar-refractivity contribution in [3.05, 3.63) is 71.8 Å². The van der Waals surface area contributed by atoms with E-state index in [1.165, 1.54) is 0 Å². The summed E-state index contributed by atoms with van der Waals surface area (Å²) in [7, 11) is 0. The lowest BCUT2D eigenvalue weighted by atomic mass is 10.0. The van der Waals surface area contributed by atoms with Gasteiger partial charge in [-0.2, -0.15) is 0 Å². The van der Waals surface area contributed by atoms with Gasteiger partial charge in [0.15, 0.2) is 5.96 Å². The summed E-state index contributed by atoms with van der Waals surface area (Å²) in [6.07, 6.45) is 1.07. The topological polar surface area (TPSA) is 221 Å². The van der Waals surface area contributed by atoms with Crippen LogP contribution in [0.1, 0.15) is 24.0 Å². The third kappa shape index (κ3) is 11.1. The number of rotatable bonds is 15. The van der Waals surface area contributed by atoms with E-state index in [0.717, 1.165) is 11.1 Å². The first-order valence-electron chi connectivity index (χ1n) is 12.2. The van der Waals surface area contributed by atoms with Crippen molar-refractivity contribution < 1.29 is 19.2 Å². The summed E-state index contributed by atoms with van der Waals surface area (Å²) in [5.74, 6) is -2.50. The van der Waals surface area contributed by atoms with E-state index in [2.05, 4.69) is 20.9 Å². The zero-order valence-electron chi connectivity index (χ0n) is 21.1. The van der Waals surface area contributed by atoms with Crippen molar-refractivity contribution in [1.82, 2.24) is 16.0 Å². The van der Waals surface area contributed by atoms with Gasteiger partial charge in [0, 0.05) is 13.0 Å². The number of aliphatic imine (C=N–C) groups is 1. The van der Waals surface area contributed by atoms with Crippen molar-refractivity contribution in [2.75, 3.05) is 13.1 Å². The second-order valence-corrected chi connectivity index (χ2v) is 8.74. The van der Waals surface area contributed by atoms with Crippen molar-refractivity contribution in [2.24, 2.45) is 27.9 Å². The van der Waals surface area contributed by atoms with Crippen molar-refractivity contribution in [3.63, 3.8) is 0 Å². The van der Waals surface area contributed by atoms with Crippen LogP contribution < -0.4 is 38.9 Å². The molecule has 2 aromatic rings. The summed E-state index contributed by atoms with van der Waals surface area (Å²) in [5, 5.41) is 7.71. The van der Waals surface area contributed by atoms with E-state index >= 15 is 0 Å². The molecule has 0 saturated carbocycles. The van der Waals surface area contributed by atoms with Crippen molar-refractivity contribution in [2.45, 2.75) is 43.8 Å². The third-order valence-electron chi connectivity index (χ3n) is 5.60. The fourth-order valence-electron chi connectivity index (χ4n) is 3.63. The van der Waals surface area contributed by atoms with Gasteiger partial charge < -0.3 is 38.9 Å². The largest absolute Gasteiger partial charge is 0.370 e. The van der Waals surface area contributed by atoms with Gasteiger partial charge in [-0.15, -0.1) is 0 Å². The van der Waals surface area contributed by atoms with Gasteiger partial charge in [0.2, 0.25) is 23.6 Å². The van der Waals surface area contributed by atoms with Gasteiger partial charge in [-0.3, -0.25) is 24.2 Å². The lowest BCUT2D eigenvalue weighted by Crippen LogP contribution is -2.55. The first kappa shape index (κ1) is 29.8. The molecular formula is C26H36N8O4. The highest BCUT2D eigenvalue weighted by atomic mass is 16.2. The lowest BCUT2D eigenvalue weighted by molar-refractivity contribution is -0.132. The summed E-state index contributed by atoms with van der Waals surface area (Å²) in [4.78, 5) is 53.9. The van der Waals surface area contributed by atoms with Gasteiger partial charge >= 0.3 is 0 Å². The summed E-state index contributed by atoms with van der Waals surface area (Å²) < 4.78 is 0. The molecular weight excluding hydrogens is 488 g/mol. The second-order valence-electron chi connectivity index (χ2n) is 8.74. The van der Waals surface area contributed by atoms with Crippen LogP contribution in [-0.2, 0) is 32.0 Å². The number of hydrogen-bond acceptors (Lipinski definition) is 6. The molecule has 11 N–H and O–H groups in total. The molecule has 0 aliphatic carbocycles. The van der Waals surface area contributed by atoms with Gasteiger partial charge in [0.1, 0.15) is 12.1 Å². The molecule has 0 heterocycles. The quantitative estimate of drug-likeness (QED) is 0.0822. The molecule has 0 fully saturated rings. The van der Waals surface area contributed by atoms with Crippen LogP contribution in [-0.4, -0.2) is 60.8 Å². The number of nitrogens with two attached hydrogens (primary N) is 4. The van der Waals surface area contributed by atoms with E-state index < -0.39 is 41.8 Å². The number of amides is 4. The molecule has 12 nitrogen and oxygen atoms in total. The number of carbonyl (C=O) groups is 4. The first-order chi connectivity index (χ1) is 18.2. The van der Waals surface area contributed by atoms with Crippen molar-refractivity contribution in [3.8, 4) is 0 Å². The van der Waals surface area contributed by atoms with Gasteiger partial charge in [0.25, 0.3) is 0 Å². The fourth-order valence-corrected chi connectivity index (χ4v) is 3.63. The molecule has 12 heteroatoms. The third-order valence-corrected chi connectivity index (χ3v) is 5.60. The SMILES string of the molecule is NC(=O)[C@H](CCCN=C(N)N)NC(=O)[C@H](Cc1ccccc1)NC(=O)CNC(=O)[C@@H](N)Cc1ccccc1. The molecule has 4 amide bonds. The number of carbonyl (C=O) groups excluding carboxylic acids is 4. The van der Waals surface area contributed by atoms with E-state index in [1.54, 1.807) is 24.3 Å². The Morgan fingerprint density at radius 3 is 1.89 bits per heavy atom. The average Bonchev–Trinajstić information content (AvgIpc) is 2.89. The van der Waals surface area contributed by atoms with Gasteiger partial charge in [0.05, 0.1) is 12.6 Å². The van der Waals surface area contributed by atoms with Crippen LogP contribution in [0.3, 0.4) is 0 Å². The molecule has 2 aromatic carbocycles. The Hall–Kier alpha value is -4.45. The van der Waals surface area contributed by atoms with Crippen LogP contribution in [0.15, 0.2) is 65.7 Å². The summed E-state index contributed by atoms with van der Waals surface area (Å²) >= 11 is 0. The lowest BCUT2D eigenvalue weighted by Gasteiger charge is -2.22. The number of benzene rings is 2. The maximum atomic E-state index is 13.1. The van der Waals surface area contributed by atoms with Crippen molar-refractivity contribution in [1.29, 1.82) is 0 Å².